The number of likely N-dealkylation sites (tertiary alicyclic amines) is 1. The van der Waals surface area contributed by atoms with Crippen molar-refractivity contribution in [2.75, 3.05) is 20.6 Å². The minimum atomic E-state index is 0.0135. The van der Waals surface area contributed by atoms with Crippen LogP contribution in [0, 0.1) is 20.8 Å². The highest BCUT2D eigenvalue weighted by atomic mass is 16.5. The van der Waals surface area contributed by atoms with E-state index in [1.807, 2.05) is 46.0 Å². The van der Waals surface area contributed by atoms with Gasteiger partial charge in [-0.2, -0.15) is 0 Å². The van der Waals surface area contributed by atoms with Crippen LogP contribution in [0.1, 0.15) is 53.0 Å². The first-order chi connectivity index (χ1) is 12.4. The Balaban J connectivity index is 1.86. The van der Waals surface area contributed by atoms with Gasteiger partial charge >= 0.3 is 0 Å². The normalized spacial score (nSPS) is 17.3. The molecule has 1 atom stereocenters. The van der Waals surface area contributed by atoms with Gasteiger partial charge in [-0.25, -0.2) is 9.97 Å². The lowest BCUT2D eigenvalue weighted by Crippen LogP contribution is -2.33. The second kappa shape index (κ2) is 7.53. The van der Waals surface area contributed by atoms with Crippen LogP contribution in [0.5, 0.6) is 0 Å². The standard InChI is InChI=1S/C19H27N5O2/c1-12-16(13(2)26-22-12)9-18(25)24-8-6-7-17(24)19-15(11-23(4)5)10-20-14(3)21-19/h10,17H,6-9,11H2,1-5H3/t17-/m0/s1. The van der Waals surface area contributed by atoms with E-state index in [0.717, 1.165) is 60.0 Å². The Labute approximate surface area is 154 Å². The van der Waals surface area contributed by atoms with Crippen LogP contribution < -0.4 is 0 Å². The number of carbonyl (C=O) groups is 1. The van der Waals surface area contributed by atoms with Crippen LogP contribution in [0.15, 0.2) is 10.7 Å². The fraction of sp³-hybridized carbons (Fsp3) is 0.579. The molecule has 3 heterocycles. The first kappa shape index (κ1) is 18.5. The number of nitrogens with zero attached hydrogens (tertiary/aromatic N) is 5. The van der Waals surface area contributed by atoms with E-state index in [1.54, 1.807) is 0 Å². The quantitative estimate of drug-likeness (QED) is 0.818. The Kier molecular flexibility index (Phi) is 5.36. The van der Waals surface area contributed by atoms with E-state index in [9.17, 15) is 4.79 Å². The molecule has 0 N–H and O–H groups in total. The zero-order valence-corrected chi connectivity index (χ0v) is 16.2. The number of rotatable bonds is 5. The van der Waals surface area contributed by atoms with Gasteiger partial charge in [0.1, 0.15) is 11.6 Å². The second-order valence-corrected chi connectivity index (χ2v) is 7.29. The number of hydrogen-bond donors (Lipinski definition) is 0. The largest absolute Gasteiger partial charge is 0.361 e. The number of aryl methyl sites for hydroxylation is 3. The number of carbonyl (C=O) groups excluding carboxylic acids is 1. The van der Waals surface area contributed by atoms with Crippen LogP contribution in [-0.2, 0) is 17.8 Å². The summed E-state index contributed by atoms with van der Waals surface area (Å²) in [6, 6.07) is 0.0135. The van der Waals surface area contributed by atoms with E-state index in [-0.39, 0.29) is 11.9 Å². The van der Waals surface area contributed by atoms with Crippen molar-refractivity contribution in [1.82, 2.24) is 24.9 Å². The third-order valence-electron chi connectivity index (χ3n) is 4.90. The Bertz CT molecular complexity index is 780. The maximum atomic E-state index is 13.0. The van der Waals surface area contributed by atoms with Gasteiger partial charge in [-0.3, -0.25) is 4.79 Å². The molecule has 7 heteroatoms. The van der Waals surface area contributed by atoms with Crippen LogP contribution in [-0.4, -0.2) is 51.5 Å². The summed E-state index contributed by atoms with van der Waals surface area (Å²) in [4.78, 5) is 26.2. The van der Waals surface area contributed by atoms with Gasteiger partial charge in [0.05, 0.1) is 23.9 Å². The van der Waals surface area contributed by atoms with Gasteiger partial charge in [0.2, 0.25) is 5.91 Å². The van der Waals surface area contributed by atoms with Crippen LogP contribution >= 0.6 is 0 Å². The monoisotopic (exact) mass is 357 g/mol. The molecule has 1 amide bonds. The fourth-order valence-corrected chi connectivity index (χ4v) is 3.62. The molecule has 0 aliphatic carbocycles. The lowest BCUT2D eigenvalue weighted by molar-refractivity contribution is -0.131. The molecule has 1 aliphatic rings. The van der Waals surface area contributed by atoms with Crippen LogP contribution in [0.3, 0.4) is 0 Å². The maximum Gasteiger partial charge on any atom is 0.227 e. The van der Waals surface area contributed by atoms with Crippen molar-refractivity contribution in [2.45, 2.75) is 52.6 Å². The molecule has 26 heavy (non-hydrogen) atoms. The lowest BCUT2D eigenvalue weighted by atomic mass is 10.0. The number of amides is 1. The zero-order chi connectivity index (χ0) is 18.8. The van der Waals surface area contributed by atoms with Gasteiger partial charge in [-0.05, 0) is 47.7 Å². The van der Waals surface area contributed by atoms with E-state index in [1.165, 1.54) is 0 Å². The Morgan fingerprint density at radius 1 is 1.35 bits per heavy atom. The summed E-state index contributed by atoms with van der Waals surface area (Å²) in [7, 11) is 4.05. The minimum absolute atomic E-state index is 0.0135. The summed E-state index contributed by atoms with van der Waals surface area (Å²) >= 11 is 0. The smallest absolute Gasteiger partial charge is 0.227 e. The fourth-order valence-electron chi connectivity index (χ4n) is 3.62. The summed E-state index contributed by atoms with van der Waals surface area (Å²) < 4.78 is 5.20. The van der Waals surface area contributed by atoms with E-state index in [0.29, 0.717) is 6.42 Å². The molecule has 0 aromatic carbocycles. The van der Waals surface area contributed by atoms with Crippen molar-refractivity contribution in [3.8, 4) is 0 Å². The summed E-state index contributed by atoms with van der Waals surface area (Å²) in [6.07, 6.45) is 4.14. The predicted octanol–water partition coefficient (Wildman–Crippen LogP) is 2.36. The lowest BCUT2D eigenvalue weighted by Gasteiger charge is -2.26. The first-order valence-electron chi connectivity index (χ1n) is 9.05. The Hall–Kier alpha value is -2.28. The molecule has 1 fully saturated rings. The molecule has 140 valence electrons. The highest BCUT2D eigenvalue weighted by molar-refractivity contribution is 5.80. The zero-order valence-electron chi connectivity index (χ0n) is 16.2. The number of hydrogen-bond acceptors (Lipinski definition) is 6. The third kappa shape index (κ3) is 3.77. The second-order valence-electron chi connectivity index (χ2n) is 7.29. The summed E-state index contributed by atoms with van der Waals surface area (Å²) in [5.74, 6) is 1.57. The Morgan fingerprint density at radius 2 is 2.12 bits per heavy atom. The van der Waals surface area contributed by atoms with E-state index >= 15 is 0 Å². The molecule has 0 saturated carbocycles. The van der Waals surface area contributed by atoms with Crippen molar-refractivity contribution in [3.05, 3.63) is 40.3 Å². The molecule has 3 rings (SSSR count). The molecule has 0 bridgehead atoms. The minimum Gasteiger partial charge on any atom is -0.361 e. The summed E-state index contributed by atoms with van der Waals surface area (Å²) in [5, 5.41) is 3.96. The van der Waals surface area contributed by atoms with Gasteiger partial charge in [0, 0.05) is 30.4 Å². The van der Waals surface area contributed by atoms with Gasteiger partial charge in [0.25, 0.3) is 0 Å². The molecular weight excluding hydrogens is 330 g/mol. The molecule has 1 aliphatic heterocycles. The van der Waals surface area contributed by atoms with E-state index < -0.39 is 0 Å². The van der Waals surface area contributed by atoms with E-state index in [2.05, 4.69) is 15.0 Å². The molecule has 0 spiro atoms. The maximum absolute atomic E-state index is 13.0. The molecular formula is C19H27N5O2. The van der Waals surface area contributed by atoms with Gasteiger partial charge in [0.15, 0.2) is 0 Å². The first-order valence-corrected chi connectivity index (χ1v) is 9.05. The molecule has 2 aromatic heterocycles. The topological polar surface area (TPSA) is 75.4 Å². The third-order valence-corrected chi connectivity index (χ3v) is 4.90. The van der Waals surface area contributed by atoms with Crippen molar-refractivity contribution in [2.24, 2.45) is 0 Å². The van der Waals surface area contributed by atoms with Crippen molar-refractivity contribution in [1.29, 1.82) is 0 Å². The molecule has 0 radical (unpaired) electrons. The highest BCUT2D eigenvalue weighted by Crippen LogP contribution is 2.33. The predicted molar refractivity (Wildman–Crippen MR) is 97.5 cm³/mol. The van der Waals surface area contributed by atoms with Gasteiger partial charge in [-0.15, -0.1) is 0 Å². The number of aromatic nitrogens is 3. The van der Waals surface area contributed by atoms with Gasteiger partial charge < -0.3 is 14.3 Å². The molecule has 0 unspecified atom stereocenters. The van der Waals surface area contributed by atoms with Crippen LogP contribution in [0.2, 0.25) is 0 Å². The van der Waals surface area contributed by atoms with E-state index in [4.69, 9.17) is 9.51 Å². The highest BCUT2D eigenvalue weighted by Gasteiger charge is 2.33. The van der Waals surface area contributed by atoms with Crippen molar-refractivity contribution < 1.29 is 9.32 Å². The average molecular weight is 357 g/mol. The molecule has 2 aromatic rings. The summed E-state index contributed by atoms with van der Waals surface area (Å²) in [5.41, 5.74) is 3.75. The van der Waals surface area contributed by atoms with Crippen LogP contribution in [0.25, 0.3) is 0 Å². The molecule has 1 saturated heterocycles. The van der Waals surface area contributed by atoms with Crippen LogP contribution in [0.4, 0.5) is 0 Å². The molecule has 7 nitrogen and oxygen atoms in total. The van der Waals surface area contributed by atoms with Crippen molar-refractivity contribution in [3.63, 3.8) is 0 Å². The van der Waals surface area contributed by atoms with Gasteiger partial charge in [-0.1, -0.05) is 5.16 Å². The summed E-state index contributed by atoms with van der Waals surface area (Å²) in [6.45, 7) is 7.15. The van der Waals surface area contributed by atoms with Crippen molar-refractivity contribution >= 4 is 5.91 Å². The average Bonchev–Trinajstić information content (AvgIpc) is 3.18. The SMILES string of the molecule is Cc1ncc(CN(C)C)c([C@@H]2CCCN2C(=O)Cc2c(C)noc2C)n1. The Morgan fingerprint density at radius 3 is 2.77 bits per heavy atom.